The van der Waals surface area contributed by atoms with Crippen molar-refractivity contribution in [3.8, 4) is 0 Å². The minimum absolute atomic E-state index is 0.0508. The van der Waals surface area contributed by atoms with Crippen LogP contribution >= 0.6 is 0 Å². The van der Waals surface area contributed by atoms with Crippen molar-refractivity contribution in [3.05, 3.63) is 66.2 Å². The summed E-state index contributed by atoms with van der Waals surface area (Å²) < 4.78 is 0. The lowest BCUT2D eigenvalue weighted by molar-refractivity contribution is 0.247. The second-order valence-electron chi connectivity index (χ2n) is 5.07. The predicted molar refractivity (Wildman–Crippen MR) is 87.3 cm³/mol. The van der Waals surface area contributed by atoms with Gasteiger partial charge in [-0.15, -0.1) is 0 Å². The number of hydrogen-bond acceptors (Lipinski definition) is 1. The number of amides is 2. The molecular formula is C18H22N2O. The van der Waals surface area contributed by atoms with Gasteiger partial charge in [0.2, 0.25) is 0 Å². The van der Waals surface area contributed by atoms with E-state index in [1.165, 1.54) is 0 Å². The van der Waals surface area contributed by atoms with E-state index in [4.69, 9.17) is 0 Å². The van der Waals surface area contributed by atoms with Gasteiger partial charge in [0.25, 0.3) is 0 Å². The average Bonchev–Trinajstić information content (AvgIpc) is 2.53. The molecule has 0 radical (unpaired) electrons. The largest absolute Gasteiger partial charge is 0.331 e. The van der Waals surface area contributed by atoms with Crippen molar-refractivity contribution >= 4 is 11.7 Å². The molecule has 3 nitrogen and oxygen atoms in total. The average molecular weight is 282 g/mol. The fourth-order valence-corrected chi connectivity index (χ4v) is 2.26. The standard InChI is InChI=1S/C18H22N2O/c1-2-3-14-17(15-10-6-4-7-11-15)20-18(21)19-16-12-8-5-9-13-16/h4-13,17H,2-3,14H2,1H3,(H2,19,20,21). The summed E-state index contributed by atoms with van der Waals surface area (Å²) in [6, 6.07) is 19.5. The third kappa shape index (κ3) is 4.95. The minimum Gasteiger partial charge on any atom is -0.331 e. The first-order chi connectivity index (χ1) is 10.3. The summed E-state index contributed by atoms with van der Waals surface area (Å²) in [6.45, 7) is 2.16. The second-order valence-corrected chi connectivity index (χ2v) is 5.07. The monoisotopic (exact) mass is 282 g/mol. The normalized spacial score (nSPS) is 11.7. The Labute approximate surface area is 126 Å². The summed E-state index contributed by atoms with van der Waals surface area (Å²) in [5.41, 5.74) is 1.95. The third-order valence-electron chi connectivity index (χ3n) is 3.39. The molecule has 2 N–H and O–H groups in total. The lowest BCUT2D eigenvalue weighted by atomic mass is 10.0. The molecule has 2 aromatic carbocycles. The van der Waals surface area contributed by atoms with E-state index in [1.807, 2.05) is 48.5 Å². The summed E-state index contributed by atoms with van der Waals surface area (Å²) >= 11 is 0. The van der Waals surface area contributed by atoms with Crippen molar-refractivity contribution in [2.24, 2.45) is 0 Å². The van der Waals surface area contributed by atoms with E-state index in [0.29, 0.717) is 0 Å². The van der Waals surface area contributed by atoms with Crippen LogP contribution < -0.4 is 10.6 Å². The van der Waals surface area contributed by atoms with E-state index < -0.39 is 0 Å². The second kappa shape index (κ2) is 8.10. The lowest BCUT2D eigenvalue weighted by Gasteiger charge is -2.19. The maximum absolute atomic E-state index is 12.1. The van der Waals surface area contributed by atoms with Gasteiger partial charge in [0.15, 0.2) is 0 Å². The molecule has 0 fully saturated rings. The molecule has 1 atom stereocenters. The van der Waals surface area contributed by atoms with Crippen molar-refractivity contribution in [2.75, 3.05) is 5.32 Å². The first kappa shape index (κ1) is 15.1. The number of carbonyl (C=O) groups excluding carboxylic acids is 1. The molecule has 0 heterocycles. The van der Waals surface area contributed by atoms with E-state index in [0.717, 1.165) is 30.5 Å². The number of hydrogen-bond donors (Lipinski definition) is 2. The molecule has 110 valence electrons. The molecule has 1 unspecified atom stereocenters. The molecular weight excluding hydrogens is 260 g/mol. The van der Waals surface area contributed by atoms with Gasteiger partial charge in [0, 0.05) is 5.69 Å². The summed E-state index contributed by atoms with van der Waals surface area (Å²) in [6.07, 6.45) is 3.15. The maximum Gasteiger partial charge on any atom is 0.319 e. The van der Waals surface area contributed by atoms with E-state index in [2.05, 4.69) is 29.7 Å². The zero-order valence-corrected chi connectivity index (χ0v) is 12.4. The molecule has 0 aromatic heterocycles. The van der Waals surface area contributed by atoms with E-state index >= 15 is 0 Å². The van der Waals surface area contributed by atoms with Crippen LogP contribution in [0.1, 0.15) is 37.8 Å². The highest BCUT2D eigenvalue weighted by Crippen LogP contribution is 2.19. The number of nitrogens with one attached hydrogen (secondary N) is 2. The molecule has 2 rings (SSSR count). The number of benzene rings is 2. The third-order valence-corrected chi connectivity index (χ3v) is 3.39. The Morgan fingerprint density at radius 3 is 2.24 bits per heavy atom. The smallest absolute Gasteiger partial charge is 0.319 e. The molecule has 0 spiro atoms. The number of carbonyl (C=O) groups is 1. The van der Waals surface area contributed by atoms with Crippen molar-refractivity contribution in [1.82, 2.24) is 5.32 Å². The Kier molecular flexibility index (Phi) is 5.83. The Hall–Kier alpha value is -2.29. The highest BCUT2D eigenvalue weighted by atomic mass is 16.2. The zero-order valence-electron chi connectivity index (χ0n) is 12.4. The molecule has 0 aliphatic rings. The van der Waals surface area contributed by atoms with Gasteiger partial charge in [0.1, 0.15) is 0 Å². The molecule has 0 bridgehead atoms. The molecule has 3 heteroatoms. The molecule has 2 aromatic rings. The van der Waals surface area contributed by atoms with Crippen molar-refractivity contribution in [3.63, 3.8) is 0 Å². The fraction of sp³-hybridized carbons (Fsp3) is 0.278. The van der Waals surface area contributed by atoms with E-state index in [9.17, 15) is 4.79 Å². The van der Waals surface area contributed by atoms with Crippen LogP contribution in [0.2, 0.25) is 0 Å². The van der Waals surface area contributed by atoms with Crippen LogP contribution in [0.5, 0.6) is 0 Å². The number of rotatable bonds is 6. The quantitative estimate of drug-likeness (QED) is 0.789. The Morgan fingerprint density at radius 1 is 1.00 bits per heavy atom. The van der Waals surface area contributed by atoms with E-state index in [-0.39, 0.29) is 12.1 Å². The SMILES string of the molecule is CCCCC(NC(=O)Nc1ccccc1)c1ccccc1. The van der Waals surface area contributed by atoms with Crippen LogP contribution in [-0.4, -0.2) is 6.03 Å². The number of unbranched alkanes of at least 4 members (excludes halogenated alkanes) is 1. The summed E-state index contributed by atoms with van der Waals surface area (Å²) in [5.74, 6) is 0. The fourth-order valence-electron chi connectivity index (χ4n) is 2.26. The van der Waals surface area contributed by atoms with Gasteiger partial charge < -0.3 is 10.6 Å². The van der Waals surface area contributed by atoms with Crippen molar-refractivity contribution in [1.29, 1.82) is 0 Å². The zero-order chi connectivity index (χ0) is 14.9. The van der Waals surface area contributed by atoms with Crippen LogP contribution in [0.3, 0.4) is 0 Å². The van der Waals surface area contributed by atoms with Crippen LogP contribution in [0.4, 0.5) is 10.5 Å². The van der Waals surface area contributed by atoms with Crippen molar-refractivity contribution < 1.29 is 4.79 Å². The molecule has 0 saturated heterocycles. The van der Waals surface area contributed by atoms with Crippen LogP contribution in [0.25, 0.3) is 0 Å². The van der Waals surface area contributed by atoms with Gasteiger partial charge in [-0.2, -0.15) is 0 Å². The predicted octanol–water partition coefficient (Wildman–Crippen LogP) is 4.74. The van der Waals surface area contributed by atoms with Gasteiger partial charge in [-0.25, -0.2) is 4.79 Å². The van der Waals surface area contributed by atoms with Crippen LogP contribution in [0.15, 0.2) is 60.7 Å². The topological polar surface area (TPSA) is 41.1 Å². The maximum atomic E-state index is 12.1. The number of urea groups is 1. The highest BCUT2D eigenvalue weighted by molar-refractivity contribution is 5.89. The van der Waals surface area contributed by atoms with Gasteiger partial charge in [0.05, 0.1) is 6.04 Å². The van der Waals surface area contributed by atoms with Gasteiger partial charge >= 0.3 is 6.03 Å². The number of para-hydroxylation sites is 1. The first-order valence-corrected chi connectivity index (χ1v) is 7.47. The van der Waals surface area contributed by atoms with E-state index in [1.54, 1.807) is 0 Å². The van der Waals surface area contributed by atoms with Gasteiger partial charge in [-0.3, -0.25) is 0 Å². The Bertz CT molecular complexity index is 540. The van der Waals surface area contributed by atoms with Gasteiger partial charge in [-0.1, -0.05) is 68.3 Å². The van der Waals surface area contributed by atoms with Gasteiger partial charge in [-0.05, 0) is 24.1 Å². The summed E-state index contributed by atoms with van der Waals surface area (Å²) in [5, 5.41) is 5.94. The van der Waals surface area contributed by atoms with Crippen molar-refractivity contribution in [2.45, 2.75) is 32.2 Å². The molecule has 0 aliphatic carbocycles. The highest BCUT2D eigenvalue weighted by Gasteiger charge is 2.13. The summed E-state index contributed by atoms with van der Waals surface area (Å²) in [7, 11) is 0. The molecule has 0 saturated carbocycles. The minimum atomic E-state index is -0.161. The Balaban J connectivity index is 1.99. The van der Waals surface area contributed by atoms with Crippen LogP contribution in [0, 0.1) is 0 Å². The molecule has 21 heavy (non-hydrogen) atoms. The summed E-state index contributed by atoms with van der Waals surface area (Å²) in [4.78, 5) is 12.1. The molecule has 2 amide bonds. The van der Waals surface area contributed by atoms with Crippen LogP contribution in [-0.2, 0) is 0 Å². The lowest BCUT2D eigenvalue weighted by Crippen LogP contribution is -2.32. The number of anilines is 1. The molecule has 0 aliphatic heterocycles. The Morgan fingerprint density at radius 2 is 1.62 bits per heavy atom. The first-order valence-electron chi connectivity index (χ1n) is 7.47.